The normalized spacial score (nSPS) is 28.1. The second-order valence-electron chi connectivity index (χ2n) is 4.80. The minimum atomic E-state index is -0.187. The molecule has 1 rings (SSSR count). The molecule has 3 unspecified atom stereocenters. The molecule has 15 heavy (non-hydrogen) atoms. The second-order valence-corrected chi connectivity index (χ2v) is 4.80. The zero-order valence-corrected chi connectivity index (χ0v) is 10.2. The first-order valence-corrected chi connectivity index (χ1v) is 6.21. The van der Waals surface area contributed by atoms with E-state index in [1.165, 1.54) is 25.7 Å². The van der Waals surface area contributed by atoms with Crippen LogP contribution in [0.1, 0.15) is 46.0 Å². The Hall–Kier alpha value is -0.340. The molecule has 1 heterocycles. The van der Waals surface area contributed by atoms with Crippen LogP contribution in [0.3, 0.4) is 0 Å². The number of likely N-dealkylation sites (tertiary alicyclic amines) is 1. The standard InChI is InChI=1S/C13H25NO/c1-4-11(2)14-9-7-5-6-8-13(14)10-12(3)15/h4,11-13,15H,1,5-10H2,2-3H3. The number of nitrogens with zero attached hydrogens (tertiary/aromatic N) is 1. The summed E-state index contributed by atoms with van der Waals surface area (Å²) in [6.45, 7) is 9.13. The molecule has 0 aromatic heterocycles. The number of hydrogen-bond acceptors (Lipinski definition) is 2. The highest BCUT2D eigenvalue weighted by molar-refractivity contribution is 4.89. The van der Waals surface area contributed by atoms with E-state index in [-0.39, 0.29) is 6.10 Å². The maximum atomic E-state index is 9.52. The van der Waals surface area contributed by atoms with Gasteiger partial charge < -0.3 is 5.11 Å². The molecule has 1 fully saturated rings. The summed E-state index contributed by atoms with van der Waals surface area (Å²) in [5, 5.41) is 9.52. The first-order valence-electron chi connectivity index (χ1n) is 6.21. The van der Waals surface area contributed by atoms with E-state index in [1.807, 2.05) is 13.0 Å². The van der Waals surface area contributed by atoms with Gasteiger partial charge in [0, 0.05) is 12.1 Å². The Bertz CT molecular complexity index is 191. The van der Waals surface area contributed by atoms with Crippen molar-refractivity contribution in [3.63, 3.8) is 0 Å². The molecule has 1 saturated heterocycles. The number of aliphatic hydroxyl groups excluding tert-OH is 1. The predicted molar refractivity (Wildman–Crippen MR) is 64.9 cm³/mol. The molecule has 0 radical (unpaired) electrons. The van der Waals surface area contributed by atoms with Crippen LogP contribution in [0.25, 0.3) is 0 Å². The van der Waals surface area contributed by atoms with Crippen molar-refractivity contribution in [3.8, 4) is 0 Å². The molecule has 0 saturated carbocycles. The van der Waals surface area contributed by atoms with Crippen LogP contribution in [0.2, 0.25) is 0 Å². The predicted octanol–water partition coefficient (Wildman–Crippen LogP) is 2.58. The van der Waals surface area contributed by atoms with E-state index in [1.54, 1.807) is 0 Å². The van der Waals surface area contributed by atoms with Crippen molar-refractivity contribution in [2.24, 2.45) is 0 Å². The summed E-state index contributed by atoms with van der Waals surface area (Å²) in [7, 11) is 0. The van der Waals surface area contributed by atoms with Gasteiger partial charge in [-0.2, -0.15) is 0 Å². The van der Waals surface area contributed by atoms with Crippen LogP contribution in [0.5, 0.6) is 0 Å². The highest BCUT2D eigenvalue weighted by atomic mass is 16.3. The molecule has 0 aliphatic carbocycles. The van der Waals surface area contributed by atoms with Gasteiger partial charge in [0.25, 0.3) is 0 Å². The molecular formula is C13H25NO. The summed E-state index contributed by atoms with van der Waals surface area (Å²) < 4.78 is 0. The Morgan fingerprint density at radius 2 is 2.13 bits per heavy atom. The Labute approximate surface area is 94.0 Å². The van der Waals surface area contributed by atoms with Gasteiger partial charge in [0.05, 0.1) is 6.10 Å². The Balaban J connectivity index is 2.62. The molecule has 2 heteroatoms. The maximum Gasteiger partial charge on any atom is 0.0527 e. The van der Waals surface area contributed by atoms with Gasteiger partial charge in [-0.25, -0.2) is 0 Å². The van der Waals surface area contributed by atoms with Crippen LogP contribution in [-0.2, 0) is 0 Å². The molecule has 0 aromatic rings. The van der Waals surface area contributed by atoms with Crippen molar-refractivity contribution in [3.05, 3.63) is 12.7 Å². The van der Waals surface area contributed by atoms with Crippen molar-refractivity contribution in [2.75, 3.05) is 6.54 Å². The first kappa shape index (κ1) is 12.7. The number of hydrogen-bond donors (Lipinski definition) is 1. The van der Waals surface area contributed by atoms with E-state index in [9.17, 15) is 5.11 Å². The van der Waals surface area contributed by atoms with Crippen molar-refractivity contribution >= 4 is 0 Å². The maximum absolute atomic E-state index is 9.52. The van der Waals surface area contributed by atoms with E-state index in [2.05, 4.69) is 18.4 Å². The van der Waals surface area contributed by atoms with Crippen LogP contribution in [0.15, 0.2) is 12.7 Å². The molecule has 1 N–H and O–H groups in total. The van der Waals surface area contributed by atoms with Crippen molar-refractivity contribution in [1.82, 2.24) is 4.90 Å². The molecular weight excluding hydrogens is 186 g/mol. The smallest absolute Gasteiger partial charge is 0.0527 e. The third-order valence-electron chi connectivity index (χ3n) is 3.40. The third kappa shape index (κ3) is 3.96. The molecule has 1 aliphatic heterocycles. The van der Waals surface area contributed by atoms with Crippen molar-refractivity contribution in [2.45, 2.75) is 64.1 Å². The SMILES string of the molecule is C=CC(C)N1CCCCCC1CC(C)O. The van der Waals surface area contributed by atoms with E-state index >= 15 is 0 Å². The summed E-state index contributed by atoms with van der Waals surface area (Å²) >= 11 is 0. The van der Waals surface area contributed by atoms with Gasteiger partial charge in [-0.05, 0) is 39.7 Å². The van der Waals surface area contributed by atoms with Crippen LogP contribution in [0.4, 0.5) is 0 Å². The van der Waals surface area contributed by atoms with Gasteiger partial charge in [-0.1, -0.05) is 18.9 Å². The van der Waals surface area contributed by atoms with Gasteiger partial charge in [-0.3, -0.25) is 4.90 Å². The first-order chi connectivity index (χ1) is 7.15. The zero-order valence-electron chi connectivity index (χ0n) is 10.2. The molecule has 0 amide bonds. The lowest BCUT2D eigenvalue weighted by Gasteiger charge is -2.34. The lowest BCUT2D eigenvalue weighted by Crippen LogP contribution is -2.42. The van der Waals surface area contributed by atoms with E-state index in [0.717, 1.165) is 13.0 Å². The highest BCUT2D eigenvalue weighted by Gasteiger charge is 2.24. The highest BCUT2D eigenvalue weighted by Crippen LogP contribution is 2.22. The fourth-order valence-electron chi connectivity index (χ4n) is 2.52. The van der Waals surface area contributed by atoms with E-state index in [4.69, 9.17) is 0 Å². The minimum Gasteiger partial charge on any atom is -0.393 e. The van der Waals surface area contributed by atoms with Gasteiger partial charge in [-0.15, -0.1) is 6.58 Å². The summed E-state index contributed by atoms with van der Waals surface area (Å²) in [4.78, 5) is 2.51. The molecule has 0 aromatic carbocycles. The van der Waals surface area contributed by atoms with Crippen molar-refractivity contribution < 1.29 is 5.11 Å². The van der Waals surface area contributed by atoms with Crippen LogP contribution in [-0.4, -0.2) is 34.7 Å². The van der Waals surface area contributed by atoms with Gasteiger partial charge in [0.1, 0.15) is 0 Å². The average Bonchev–Trinajstić information content (AvgIpc) is 2.41. The van der Waals surface area contributed by atoms with E-state index < -0.39 is 0 Å². The number of rotatable bonds is 4. The lowest BCUT2D eigenvalue weighted by molar-refractivity contribution is 0.100. The average molecular weight is 211 g/mol. The fraction of sp³-hybridized carbons (Fsp3) is 0.846. The molecule has 0 bridgehead atoms. The Morgan fingerprint density at radius 3 is 2.73 bits per heavy atom. The topological polar surface area (TPSA) is 23.5 Å². The summed E-state index contributed by atoms with van der Waals surface area (Å²) in [6.07, 6.45) is 7.87. The molecule has 0 spiro atoms. The summed E-state index contributed by atoms with van der Waals surface area (Å²) in [6, 6.07) is 0.979. The Kier molecular flexibility index (Phi) is 5.34. The third-order valence-corrected chi connectivity index (χ3v) is 3.40. The molecule has 1 aliphatic rings. The van der Waals surface area contributed by atoms with Crippen molar-refractivity contribution in [1.29, 1.82) is 0 Å². The minimum absolute atomic E-state index is 0.187. The van der Waals surface area contributed by atoms with E-state index in [0.29, 0.717) is 12.1 Å². The number of aliphatic hydroxyl groups is 1. The van der Waals surface area contributed by atoms with Crippen LogP contribution >= 0.6 is 0 Å². The van der Waals surface area contributed by atoms with Gasteiger partial charge >= 0.3 is 0 Å². The van der Waals surface area contributed by atoms with Crippen LogP contribution in [0, 0.1) is 0 Å². The van der Waals surface area contributed by atoms with Gasteiger partial charge in [0.2, 0.25) is 0 Å². The monoisotopic (exact) mass is 211 g/mol. The molecule has 2 nitrogen and oxygen atoms in total. The second kappa shape index (κ2) is 6.29. The fourth-order valence-corrected chi connectivity index (χ4v) is 2.52. The van der Waals surface area contributed by atoms with Crippen LogP contribution < -0.4 is 0 Å². The quantitative estimate of drug-likeness (QED) is 0.722. The van der Waals surface area contributed by atoms with Gasteiger partial charge in [0.15, 0.2) is 0 Å². The summed E-state index contributed by atoms with van der Waals surface area (Å²) in [5.41, 5.74) is 0. The lowest BCUT2D eigenvalue weighted by atomic mass is 10.0. The zero-order chi connectivity index (χ0) is 11.3. The Morgan fingerprint density at radius 1 is 1.40 bits per heavy atom. The molecule has 3 atom stereocenters. The largest absolute Gasteiger partial charge is 0.393 e. The molecule has 88 valence electrons. The summed E-state index contributed by atoms with van der Waals surface area (Å²) in [5.74, 6) is 0.